The minimum absolute atomic E-state index is 0.167. The van der Waals surface area contributed by atoms with E-state index in [2.05, 4.69) is 15.5 Å². The molecule has 1 aromatic heterocycles. The second-order valence-electron chi connectivity index (χ2n) is 4.94. The molecule has 2 fully saturated rings. The Labute approximate surface area is 106 Å². The molecule has 3 rings (SSSR count). The van der Waals surface area contributed by atoms with Gasteiger partial charge in [0.2, 0.25) is 5.89 Å². The van der Waals surface area contributed by atoms with Gasteiger partial charge >= 0.3 is 0 Å². The SMILES string of the molecule is CNC1COCC1c1nc(C2CCCOC2)no1. The van der Waals surface area contributed by atoms with Gasteiger partial charge in [0.05, 0.1) is 25.7 Å². The average molecular weight is 253 g/mol. The van der Waals surface area contributed by atoms with Crippen molar-refractivity contribution < 1.29 is 14.0 Å². The molecular formula is C12H19N3O3. The number of nitrogens with zero attached hydrogens (tertiary/aromatic N) is 2. The summed E-state index contributed by atoms with van der Waals surface area (Å²) in [6.07, 6.45) is 2.15. The summed E-state index contributed by atoms with van der Waals surface area (Å²) in [7, 11) is 1.93. The third-order valence-electron chi connectivity index (χ3n) is 3.75. The maximum atomic E-state index is 5.45. The van der Waals surface area contributed by atoms with E-state index >= 15 is 0 Å². The molecule has 6 heteroatoms. The summed E-state index contributed by atoms with van der Waals surface area (Å²) in [5.41, 5.74) is 0. The molecule has 1 N–H and O–H groups in total. The molecule has 1 aromatic rings. The lowest BCUT2D eigenvalue weighted by atomic mass is 10.0. The first-order valence-corrected chi connectivity index (χ1v) is 6.54. The van der Waals surface area contributed by atoms with E-state index < -0.39 is 0 Å². The first kappa shape index (κ1) is 12.1. The van der Waals surface area contributed by atoms with Gasteiger partial charge < -0.3 is 19.3 Å². The second kappa shape index (κ2) is 5.34. The van der Waals surface area contributed by atoms with Crippen LogP contribution in [0.15, 0.2) is 4.52 Å². The molecule has 0 aliphatic carbocycles. The van der Waals surface area contributed by atoms with E-state index in [1.807, 2.05) is 7.05 Å². The topological polar surface area (TPSA) is 69.4 Å². The summed E-state index contributed by atoms with van der Waals surface area (Å²) in [5.74, 6) is 1.92. The van der Waals surface area contributed by atoms with E-state index in [9.17, 15) is 0 Å². The van der Waals surface area contributed by atoms with Crippen LogP contribution in [0.4, 0.5) is 0 Å². The van der Waals surface area contributed by atoms with Crippen molar-refractivity contribution in [2.24, 2.45) is 0 Å². The molecule has 0 bridgehead atoms. The van der Waals surface area contributed by atoms with Gasteiger partial charge in [-0.25, -0.2) is 0 Å². The maximum absolute atomic E-state index is 5.45. The van der Waals surface area contributed by atoms with Gasteiger partial charge in [-0.2, -0.15) is 4.98 Å². The highest BCUT2D eigenvalue weighted by atomic mass is 16.5. The van der Waals surface area contributed by atoms with Crippen LogP contribution in [0.5, 0.6) is 0 Å². The van der Waals surface area contributed by atoms with Crippen LogP contribution in [0.1, 0.15) is 36.4 Å². The standard InChI is InChI=1S/C12H19N3O3/c1-13-10-7-17-6-9(10)12-14-11(15-18-12)8-3-2-4-16-5-8/h8-10,13H,2-7H2,1H3. The van der Waals surface area contributed by atoms with Gasteiger partial charge in [-0.1, -0.05) is 5.16 Å². The Kier molecular flexibility index (Phi) is 3.58. The first-order chi connectivity index (χ1) is 8.88. The zero-order valence-corrected chi connectivity index (χ0v) is 10.6. The van der Waals surface area contributed by atoms with Gasteiger partial charge in [0.1, 0.15) is 0 Å². The van der Waals surface area contributed by atoms with Crippen molar-refractivity contribution in [3.05, 3.63) is 11.7 Å². The highest BCUT2D eigenvalue weighted by molar-refractivity contribution is 5.05. The molecule has 2 aliphatic heterocycles. The molecule has 2 aliphatic rings. The molecule has 3 atom stereocenters. The molecule has 0 radical (unpaired) electrons. The summed E-state index contributed by atoms with van der Waals surface area (Å²) >= 11 is 0. The van der Waals surface area contributed by atoms with Gasteiger partial charge in [-0.05, 0) is 19.9 Å². The fourth-order valence-corrected chi connectivity index (χ4v) is 2.59. The van der Waals surface area contributed by atoms with E-state index in [-0.39, 0.29) is 17.9 Å². The third kappa shape index (κ3) is 2.28. The minimum Gasteiger partial charge on any atom is -0.381 e. The largest absolute Gasteiger partial charge is 0.381 e. The highest BCUT2D eigenvalue weighted by Gasteiger charge is 2.33. The summed E-state index contributed by atoms with van der Waals surface area (Å²) in [6, 6.07) is 0.265. The number of nitrogens with one attached hydrogen (secondary N) is 1. The Bertz CT molecular complexity index is 390. The molecule has 3 heterocycles. The van der Waals surface area contributed by atoms with Crippen LogP contribution in [-0.4, -0.2) is 49.7 Å². The van der Waals surface area contributed by atoms with Crippen LogP contribution in [0.3, 0.4) is 0 Å². The average Bonchev–Trinajstić information content (AvgIpc) is 3.08. The number of hydrogen-bond acceptors (Lipinski definition) is 6. The van der Waals surface area contributed by atoms with Crippen molar-refractivity contribution in [2.75, 3.05) is 33.5 Å². The van der Waals surface area contributed by atoms with Gasteiger partial charge in [0.15, 0.2) is 5.82 Å². The second-order valence-corrected chi connectivity index (χ2v) is 4.94. The van der Waals surface area contributed by atoms with Crippen LogP contribution >= 0.6 is 0 Å². The number of hydrogen-bond donors (Lipinski definition) is 1. The number of ether oxygens (including phenoxy) is 2. The van der Waals surface area contributed by atoms with E-state index in [1.54, 1.807) is 0 Å². The molecule has 6 nitrogen and oxygen atoms in total. The Morgan fingerprint density at radius 1 is 1.22 bits per heavy atom. The first-order valence-electron chi connectivity index (χ1n) is 6.54. The Balaban J connectivity index is 1.72. The molecule has 100 valence electrons. The van der Waals surface area contributed by atoms with Crippen molar-refractivity contribution in [1.82, 2.24) is 15.5 Å². The summed E-state index contributed by atoms with van der Waals surface area (Å²) in [4.78, 5) is 4.54. The summed E-state index contributed by atoms with van der Waals surface area (Å²) in [5, 5.41) is 7.33. The van der Waals surface area contributed by atoms with Crippen LogP contribution in [-0.2, 0) is 9.47 Å². The van der Waals surface area contributed by atoms with Gasteiger partial charge in [-0.15, -0.1) is 0 Å². The normalized spacial score (nSPS) is 32.8. The van der Waals surface area contributed by atoms with Crippen molar-refractivity contribution >= 4 is 0 Å². The van der Waals surface area contributed by atoms with Crippen molar-refractivity contribution in [3.63, 3.8) is 0 Å². The minimum atomic E-state index is 0.167. The summed E-state index contributed by atoms with van der Waals surface area (Å²) in [6.45, 7) is 2.90. The fourth-order valence-electron chi connectivity index (χ4n) is 2.59. The lowest BCUT2D eigenvalue weighted by molar-refractivity contribution is 0.0773. The molecule has 0 saturated carbocycles. The molecule has 3 unspecified atom stereocenters. The van der Waals surface area contributed by atoms with Crippen LogP contribution in [0.2, 0.25) is 0 Å². The molecular weight excluding hydrogens is 234 g/mol. The third-order valence-corrected chi connectivity index (χ3v) is 3.75. The smallest absolute Gasteiger partial charge is 0.233 e. The van der Waals surface area contributed by atoms with Crippen molar-refractivity contribution in [3.8, 4) is 0 Å². The maximum Gasteiger partial charge on any atom is 0.233 e. The quantitative estimate of drug-likeness (QED) is 0.853. The Morgan fingerprint density at radius 2 is 2.17 bits per heavy atom. The zero-order chi connectivity index (χ0) is 12.4. The Morgan fingerprint density at radius 3 is 2.94 bits per heavy atom. The van der Waals surface area contributed by atoms with Gasteiger partial charge in [0.25, 0.3) is 0 Å². The van der Waals surface area contributed by atoms with E-state index in [1.165, 1.54) is 0 Å². The number of likely N-dealkylation sites (N-methyl/N-ethyl adjacent to an activating group) is 1. The molecule has 0 spiro atoms. The summed E-state index contributed by atoms with van der Waals surface area (Å²) < 4.78 is 16.3. The van der Waals surface area contributed by atoms with Crippen LogP contribution in [0, 0.1) is 0 Å². The molecule has 2 saturated heterocycles. The van der Waals surface area contributed by atoms with Crippen molar-refractivity contribution in [1.29, 1.82) is 0 Å². The van der Waals surface area contributed by atoms with E-state index in [0.29, 0.717) is 25.7 Å². The lowest BCUT2D eigenvalue weighted by Gasteiger charge is -2.18. The predicted octanol–water partition coefficient (Wildman–Crippen LogP) is 0.665. The van der Waals surface area contributed by atoms with Gasteiger partial charge in [-0.3, -0.25) is 0 Å². The number of aromatic nitrogens is 2. The Hall–Kier alpha value is -0.980. The van der Waals surface area contributed by atoms with Crippen LogP contribution < -0.4 is 5.32 Å². The van der Waals surface area contributed by atoms with E-state index in [0.717, 1.165) is 25.3 Å². The van der Waals surface area contributed by atoms with Crippen LogP contribution in [0.25, 0.3) is 0 Å². The molecule has 0 aromatic carbocycles. The van der Waals surface area contributed by atoms with Gasteiger partial charge in [0, 0.05) is 18.6 Å². The zero-order valence-electron chi connectivity index (χ0n) is 10.6. The lowest BCUT2D eigenvalue weighted by Crippen LogP contribution is -2.31. The monoisotopic (exact) mass is 253 g/mol. The molecule has 0 amide bonds. The predicted molar refractivity (Wildman–Crippen MR) is 63.5 cm³/mol. The fraction of sp³-hybridized carbons (Fsp3) is 0.833. The van der Waals surface area contributed by atoms with Crippen molar-refractivity contribution in [2.45, 2.75) is 30.7 Å². The van der Waals surface area contributed by atoms with E-state index in [4.69, 9.17) is 14.0 Å². The highest BCUT2D eigenvalue weighted by Crippen LogP contribution is 2.28. The molecule has 18 heavy (non-hydrogen) atoms. The number of rotatable bonds is 3.